The van der Waals surface area contributed by atoms with Crippen LogP contribution in [0.5, 0.6) is 5.75 Å². The maximum atomic E-state index is 11.9. The van der Waals surface area contributed by atoms with E-state index in [0.29, 0.717) is 29.6 Å². The number of ether oxygens (including phenoxy) is 1. The normalized spacial score (nSPS) is 16.0. The molecule has 1 aromatic heterocycles. The molecule has 0 fully saturated rings. The summed E-state index contributed by atoms with van der Waals surface area (Å²) in [6, 6.07) is 7.16. The summed E-state index contributed by atoms with van der Waals surface area (Å²) in [6.45, 7) is 0.403. The summed E-state index contributed by atoms with van der Waals surface area (Å²) in [5, 5.41) is 3.41. The van der Waals surface area contributed by atoms with Gasteiger partial charge in [-0.05, 0) is 35.9 Å². The monoisotopic (exact) mass is 407 g/mol. The highest BCUT2D eigenvalue weighted by molar-refractivity contribution is 9.10. The fourth-order valence-electron chi connectivity index (χ4n) is 2.40. The van der Waals surface area contributed by atoms with Crippen molar-refractivity contribution < 1.29 is 9.53 Å². The van der Waals surface area contributed by atoms with Crippen LogP contribution >= 0.6 is 27.5 Å². The van der Waals surface area contributed by atoms with Gasteiger partial charge >= 0.3 is 0 Å². The van der Waals surface area contributed by atoms with Crippen LogP contribution in [0.15, 0.2) is 41.0 Å². The molecule has 1 amide bonds. The number of amides is 1. The minimum Gasteiger partial charge on any atom is -0.486 e. The number of aromatic nitrogens is 1. The van der Waals surface area contributed by atoms with Gasteiger partial charge in [-0.25, -0.2) is 4.98 Å². The van der Waals surface area contributed by atoms with Crippen molar-refractivity contribution in [1.29, 1.82) is 0 Å². The molecular weight excluding hydrogens is 394 g/mol. The lowest BCUT2D eigenvalue weighted by molar-refractivity contribution is -0.116. The number of nitrogens with zero attached hydrogens (tertiary/aromatic N) is 1. The summed E-state index contributed by atoms with van der Waals surface area (Å²) in [4.78, 5) is 15.9. The average Bonchev–Trinajstić information content (AvgIpc) is 3.01. The van der Waals surface area contributed by atoms with Crippen molar-refractivity contribution >= 4 is 45.3 Å². The summed E-state index contributed by atoms with van der Waals surface area (Å²) in [5.74, 6) is 0.935. The number of anilines is 1. The number of nitrogens with two attached hydrogens (primary N) is 1. The largest absolute Gasteiger partial charge is 0.486 e. The van der Waals surface area contributed by atoms with E-state index in [-0.39, 0.29) is 12.0 Å². The number of benzene rings is 1. The summed E-state index contributed by atoms with van der Waals surface area (Å²) in [5.41, 5.74) is 7.35. The van der Waals surface area contributed by atoms with Crippen LogP contribution in [0.2, 0.25) is 5.02 Å². The van der Waals surface area contributed by atoms with E-state index in [4.69, 9.17) is 22.1 Å². The van der Waals surface area contributed by atoms with Crippen LogP contribution in [-0.4, -0.2) is 23.5 Å². The quantitative estimate of drug-likeness (QED) is 0.762. The molecule has 1 unspecified atom stereocenters. The van der Waals surface area contributed by atoms with Crippen LogP contribution in [0.4, 0.5) is 5.82 Å². The average molecular weight is 409 g/mol. The van der Waals surface area contributed by atoms with Crippen molar-refractivity contribution in [3.8, 4) is 5.75 Å². The van der Waals surface area contributed by atoms with E-state index >= 15 is 0 Å². The molecule has 0 saturated carbocycles. The Morgan fingerprint density at radius 2 is 2.29 bits per heavy atom. The number of rotatable bonds is 4. The zero-order valence-corrected chi connectivity index (χ0v) is 15.0. The second-order valence-corrected chi connectivity index (χ2v) is 6.64. The highest BCUT2D eigenvalue weighted by atomic mass is 79.9. The van der Waals surface area contributed by atoms with Gasteiger partial charge in [-0.3, -0.25) is 4.79 Å². The lowest BCUT2D eigenvalue weighted by Gasteiger charge is -2.11. The van der Waals surface area contributed by atoms with E-state index in [1.54, 1.807) is 30.5 Å². The van der Waals surface area contributed by atoms with Gasteiger partial charge in [0.25, 0.3) is 0 Å². The van der Waals surface area contributed by atoms with E-state index in [9.17, 15) is 4.79 Å². The Balaban J connectivity index is 1.53. The first-order valence-electron chi connectivity index (χ1n) is 7.34. The first-order chi connectivity index (χ1) is 11.5. The standard InChI is InChI=1S/C17H15BrClN3O2/c18-13-3-4-14(19)17-12(13)7-11(24-17)9-22-16(23)6-2-10-1-5-15(20)21-8-10/h1-6,8,11H,7,9H2,(H2,20,21)(H,22,23). The van der Waals surface area contributed by atoms with E-state index in [1.807, 2.05) is 6.07 Å². The first-order valence-corrected chi connectivity index (χ1v) is 8.51. The summed E-state index contributed by atoms with van der Waals surface area (Å²) in [7, 11) is 0. The minimum atomic E-state index is -0.198. The van der Waals surface area contributed by atoms with Crippen LogP contribution in [-0.2, 0) is 11.2 Å². The maximum Gasteiger partial charge on any atom is 0.244 e. The van der Waals surface area contributed by atoms with Crippen LogP contribution in [0.3, 0.4) is 0 Å². The van der Waals surface area contributed by atoms with E-state index in [2.05, 4.69) is 26.2 Å². The Labute approximate surface area is 153 Å². The molecule has 0 aliphatic carbocycles. The van der Waals surface area contributed by atoms with Crippen LogP contribution < -0.4 is 15.8 Å². The SMILES string of the molecule is Nc1ccc(C=CC(=O)NCC2Cc3c(Br)ccc(Cl)c3O2)cn1. The number of carbonyl (C=O) groups excluding carboxylic acids is 1. The van der Waals surface area contributed by atoms with Gasteiger partial charge in [0.15, 0.2) is 0 Å². The predicted octanol–water partition coefficient (Wildman–Crippen LogP) is 3.21. The number of nitrogen functional groups attached to an aromatic ring is 1. The molecule has 0 spiro atoms. The molecule has 3 N–H and O–H groups in total. The molecule has 3 rings (SSSR count). The number of carbonyl (C=O) groups is 1. The Hall–Kier alpha value is -2.05. The third-order valence-electron chi connectivity index (χ3n) is 3.61. The molecule has 124 valence electrons. The summed E-state index contributed by atoms with van der Waals surface area (Å²) >= 11 is 9.63. The second-order valence-electron chi connectivity index (χ2n) is 5.38. The van der Waals surface area contributed by atoms with E-state index in [1.165, 1.54) is 6.08 Å². The van der Waals surface area contributed by atoms with Gasteiger partial charge < -0.3 is 15.8 Å². The van der Waals surface area contributed by atoms with Gasteiger partial charge in [0.1, 0.15) is 17.7 Å². The zero-order chi connectivity index (χ0) is 17.1. The molecule has 1 aliphatic heterocycles. The molecule has 2 heterocycles. The third-order valence-corrected chi connectivity index (χ3v) is 4.65. The van der Waals surface area contributed by atoms with Crippen LogP contribution in [0.1, 0.15) is 11.1 Å². The lowest BCUT2D eigenvalue weighted by Crippen LogP contribution is -2.33. The number of fused-ring (bicyclic) bond motifs is 1. The van der Waals surface area contributed by atoms with Crippen LogP contribution in [0, 0.1) is 0 Å². The smallest absolute Gasteiger partial charge is 0.244 e. The fourth-order valence-corrected chi connectivity index (χ4v) is 3.10. The zero-order valence-electron chi connectivity index (χ0n) is 12.6. The molecule has 2 aromatic rings. The van der Waals surface area contributed by atoms with E-state index in [0.717, 1.165) is 15.6 Å². The molecule has 24 heavy (non-hydrogen) atoms. The van der Waals surface area contributed by atoms with Gasteiger partial charge in [0, 0.05) is 28.7 Å². The third kappa shape index (κ3) is 3.88. The molecule has 1 aromatic carbocycles. The topological polar surface area (TPSA) is 77.2 Å². The van der Waals surface area contributed by atoms with Crippen molar-refractivity contribution in [1.82, 2.24) is 10.3 Å². The molecule has 0 bridgehead atoms. The molecule has 1 aliphatic rings. The molecule has 0 radical (unpaired) electrons. The van der Waals surface area contributed by atoms with Crippen molar-refractivity contribution in [2.75, 3.05) is 12.3 Å². The number of nitrogens with one attached hydrogen (secondary N) is 1. The predicted molar refractivity (Wildman–Crippen MR) is 98.0 cm³/mol. The summed E-state index contributed by atoms with van der Waals surface area (Å²) < 4.78 is 6.78. The lowest BCUT2D eigenvalue weighted by atomic mass is 10.1. The number of hydrogen-bond acceptors (Lipinski definition) is 4. The maximum absolute atomic E-state index is 11.9. The Morgan fingerprint density at radius 3 is 3.00 bits per heavy atom. The summed E-state index contributed by atoms with van der Waals surface area (Å²) in [6.07, 6.45) is 5.31. The highest BCUT2D eigenvalue weighted by Gasteiger charge is 2.27. The Morgan fingerprint density at radius 1 is 1.46 bits per heavy atom. The fraction of sp³-hybridized carbons (Fsp3) is 0.176. The minimum absolute atomic E-state index is 0.133. The van der Waals surface area contributed by atoms with Gasteiger partial charge in [-0.15, -0.1) is 0 Å². The van der Waals surface area contributed by atoms with Crippen molar-refractivity contribution in [3.05, 3.63) is 57.2 Å². The second kappa shape index (κ2) is 7.23. The Bertz CT molecular complexity index is 762. The first kappa shape index (κ1) is 16.8. The van der Waals surface area contributed by atoms with E-state index < -0.39 is 0 Å². The van der Waals surface area contributed by atoms with Crippen molar-refractivity contribution in [3.63, 3.8) is 0 Å². The van der Waals surface area contributed by atoms with Crippen molar-refractivity contribution in [2.45, 2.75) is 12.5 Å². The van der Waals surface area contributed by atoms with Gasteiger partial charge in [-0.1, -0.05) is 27.5 Å². The van der Waals surface area contributed by atoms with Crippen molar-refractivity contribution in [2.24, 2.45) is 0 Å². The van der Waals surface area contributed by atoms with Crippen LogP contribution in [0.25, 0.3) is 6.08 Å². The number of halogens is 2. The highest BCUT2D eigenvalue weighted by Crippen LogP contribution is 2.40. The molecule has 7 heteroatoms. The number of hydrogen-bond donors (Lipinski definition) is 2. The molecule has 1 atom stereocenters. The molecule has 5 nitrogen and oxygen atoms in total. The molecule has 0 saturated heterocycles. The van der Waals surface area contributed by atoms with Gasteiger partial charge in [-0.2, -0.15) is 0 Å². The number of pyridine rings is 1. The van der Waals surface area contributed by atoms with Gasteiger partial charge in [0.05, 0.1) is 11.6 Å². The molecular formula is C17H15BrClN3O2. The Kier molecular flexibility index (Phi) is 5.06. The van der Waals surface area contributed by atoms with Gasteiger partial charge in [0.2, 0.25) is 5.91 Å².